The normalized spacial score (nSPS) is 36.2. The van der Waals surface area contributed by atoms with Gasteiger partial charge in [0.05, 0.1) is 29.2 Å². The molecule has 0 aromatic rings. The summed E-state index contributed by atoms with van der Waals surface area (Å²) in [5.41, 5.74) is 0. The van der Waals surface area contributed by atoms with Gasteiger partial charge in [0.15, 0.2) is 0 Å². The number of likely N-dealkylation sites (tertiary alicyclic amines) is 1. The predicted molar refractivity (Wildman–Crippen MR) is 99.5 cm³/mol. The highest BCUT2D eigenvalue weighted by Crippen LogP contribution is 2.66. The third-order valence-corrected chi connectivity index (χ3v) is 8.06. The zero-order chi connectivity index (χ0) is 19.1. The minimum atomic E-state index is -0.622. The van der Waals surface area contributed by atoms with Crippen molar-refractivity contribution in [3.05, 3.63) is 0 Å². The largest absolute Gasteiger partial charge is 0.394 e. The zero-order valence-electron chi connectivity index (χ0n) is 15.7. The fraction of sp³-hybridized carbons (Fsp3) is 0.833. The van der Waals surface area contributed by atoms with Crippen LogP contribution in [0.25, 0.3) is 0 Å². The van der Waals surface area contributed by atoms with Gasteiger partial charge in [0.1, 0.15) is 6.04 Å². The highest BCUT2D eigenvalue weighted by atomic mass is 32.2. The summed E-state index contributed by atoms with van der Waals surface area (Å²) in [6.07, 6.45) is 3.46. The molecule has 146 valence electrons. The Balaban J connectivity index is 1.96. The van der Waals surface area contributed by atoms with E-state index in [9.17, 15) is 19.5 Å². The molecular formula is C18H29N3O4S. The minimum Gasteiger partial charge on any atom is -0.394 e. The van der Waals surface area contributed by atoms with Crippen LogP contribution < -0.4 is 10.6 Å². The van der Waals surface area contributed by atoms with E-state index in [1.165, 1.54) is 0 Å². The number of aliphatic hydroxyl groups is 1. The zero-order valence-corrected chi connectivity index (χ0v) is 16.5. The highest BCUT2D eigenvalue weighted by molar-refractivity contribution is 8.02. The number of nitrogens with zero attached hydrogens (tertiary/aromatic N) is 1. The second kappa shape index (κ2) is 7.38. The molecule has 26 heavy (non-hydrogen) atoms. The number of fused-ring (bicyclic) bond motifs is 1. The van der Waals surface area contributed by atoms with E-state index in [4.69, 9.17) is 0 Å². The molecule has 0 aliphatic carbocycles. The maximum absolute atomic E-state index is 13.3. The number of hydrogen-bond acceptors (Lipinski definition) is 5. The van der Waals surface area contributed by atoms with Crippen LogP contribution in [0.4, 0.5) is 0 Å². The number of amides is 3. The summed E-state index contributed by atoms with van der Waals surface area (Å²) in [6, 6.07) is -1.07. The molecule has 3 N–H and O–H groups in total. The van der Waals surface area contributed by atoms with E-state index < -0.39 is 28.7 Å². The summed E-state index contributed by atoms with van der Waals surface area (Å²) < 4.78 is -0.557. The minimum absolute atomic E-state index is 0.0847. The van der Waals surface area contributed by atoms with Crippen LogP contribution in [-0.2, 0) is 14.4 Å². The maximum atomic E-state index is 13.3. The van der Waals surface area contributed by atoms with Crippen LogP contribution in [-0.4, -0.2) is 70.0 Å². The van der Waals surface area contributed by atoms with E-state index in [1.54, 1.807) is 30.6 Å². The van der Waals surface area contributed by atoms with Gasteiger partial charge in [0.2, 0.25) is 17.7 Å². The second-order valence-corrected chi connectivity index (χ2v) is 9.19. The lowest BCUT2D eigenvalue weighted by Crippen LogP contribution is -2.56. The average Bonchev–Trinajstić information content (AvgIpc) is 3.27. The number of aliphatic hydroxyl groups excluding tert-OH is 1. The molecule has 3 rings (SSSR count). The van der Waals surface area contributed by atoms with E-state index in [-0.39, 0.29) is 29.6 Å². The van der Waals surface area contributed by atoms with Crippen LogP contribution in [0.15, 0.2) is 0 Å². The molecule has 7 nitrogen and oxygen atoms in total. The topological polar surface area (TPSA) is 98.7 Å². The Labute approximate surface area is 158 Å². The second-order valence-electron chi connectivity index (χ2n) is 7.59. The van der Waals surface area contributed by atoms with Crippen LogP contribution >= 0.6 is 11.8 Å². The van der Waals surface area contributed by atoms with Crippen molar-refractivity contribution in [3.63, 3.8) is 0 Å². The van der Waals surface area contributed by atoms with Crippen molar-refractivity contribution in [2.45, 2.75) is 61.6 Å². The molecule has 3 aliphatic heterocycles. The van der Waals surface area contributed by atoms with Crippen LogP contribution in [0.1, 0.15) is 39.5 Å². The number of carbonyl (C=O) groups excluding carboxylic acids is 3. The van der Waals surface area contributed by atoms with Gasteiger partial charge in [-0.1, -0.05) is 13.3 Å². The molecule has 3 amide bonds. The van der Waals surface area contributed by atoms with Crippen LogP contribution in [0.5, 0.6) is 0 Å². The number of unbranched alkanes of at least 4 members (excludes halogenated alkanes) is 1. The molecule has 3 fully saturated rings. The first-order chi connectivity index (χ1) is 12.4. The first-order valence-electron chi connectivity index (χ1n) is 9.53. The Morgan fingerprint density at radius 2 is 2.15 bits per heavy atom. The number of nitrogens with one attached hydrogen (secondary N) is 2. The SMILES string of the molecule is CCCCNC(=O)C1N([C@H](C)CO)C(=O)[C@@H]2[C@H](C(=O)NC)[C@@H]3CCC12S3. The van der Waals surface area contributed by atoms with Gasteiger partial charge in [-0.2, -0.15) is 0 Å². The number of carbonyl (C=O) groups is 3. The molecule has 3 aliphatic rings. The Kier molecular flexibility index (Phi) is 5.53. The quantitative estimate of drug-likeness (QED) is 0.543. The number of hydrogen-bond donors (Lipinski definition) is 3. The molecule has 0 saturated carbocycles. The lowest BCUT2D eigenvalue weighted by atomic mass is 9.71. The van der Waals surface area contributed by atoms with Gasteiger partial charge in [0, 0.05) is 18.8 Å². The third kappa shape index (κ3) is 2.72. The monoisotopic (exact) mass is 383 g/mol. The van der Waals surface area contributed by atoms with Gasteiger partial charge >= 0.3 is 0 Å². The molecule has 3 heterocycles. The summed E-state index contributed by atoms with van der Waals surface area (Å²) in [7, 11) is 1.59. The summed E-state index contributed by atoms with van der Waals surface area (Å²) in [4.78, 5) is 40.4. The van der Waals surface area contributed by atoms with Gasteiger partial charge < -0.3 is 20.6 Å². The molecule has 2 bridgehead atoms. The lowest BCUT2D eigenvalue weighted by molar-refractivity contribution is -0.142. The van der Waals surface area contributed by atoms with Crippen LogP contribution in [0.2, 0.25) is 0 Å². The smallest absolute Gasteiger partial charge is 0.244 e. The standard InChI is InChI=1S/C18H29N3O4S/c1-4-5-8-20-16(24)14-18-7-6-11(26-18)12(15(23)19-3)13(18)17(25)21(14)10(2)9-22/h10-14,22H,4-9H2,1-3H3,(H,19,23)(H,20,24)/t10-,11+,12-,13+,14?,18?/m1/s1. The molecule has 6 atom stereocenters. The molecular weight excluding hydrogens is 354 g/mol. The Morgan fingerprint density at radius 1 is 1.42 bits per heavy atom. The van der Waals surface area contributed by atoms with E-state index in [0.29, 0.717) is 6.54 Å². The fourth-order valence-electron chi connectivity index (χ4n) is 4.90. The average molecular weight is 384 g/mol. The predicted octanol–water partition coefficient (Wildman–Crippen LogP) is 0.121. The van der Waals surface area contributed by atoms with Crippen molar-refractivity contribution in [2.24, 2.45) is 11.8 Å². The number of thioether (sulfide) groups is 1. The van der Waals surface area contributed by atoms with Crippen molar-refractivity contribution in [3.8, 4) is 0 Å². The first-order valence-corrected chi connectivity index (χ1v) is 10.4. The van der Waals surface area contributed by atoms with Crippen molar-refractivity contribution in [2.75, 3.05) is 20.2 Å². The Morgan fingerprint density at radius 3 is 2.77 bits per heavy atom. The van der Waals surface area contributed by atoms with Gasteiger partial charge in [-0.25, -0.2) is 0 Å². The van der Waals surface area contributed by atoms with E-state index in [1.807, 2.05) is 0 Å². The molecule has 2 unspecified atom stereocenters. The third-order valence-electron chi connectivity index (χ3n) is 6.10. The summed E-state index contributed by atoms with van der Waals surface area (Å²) in [6.45, 7) is 4.19. The van der Waals surface area contributed by atoms with Crippen molar-refractivity contribution in [1.29, 1.82) is 0 Å². The van der Waals surface area contributed by atoms with Gasteiger partial charge in [-0.05, 0) is 26.2 Å². The van der Waals surface area contributed by atoms with Crippen LogP contribution in [0, 0.1) is 11.8 Å². The Hall–Kier alpha value is -1.28. The van der Waals surface area contributed by atoms with E-state index in [2.05, 4.69) is 17.6 Å². The van der Waals surface area contributed by atoms with Gasteiger partial charge in [0.25, 0.3) is 0 Å². The first kappa shape index (κ1) is 19.5. The molecule has 0 aromatic heterocycles. The maximum Gasteiger partial charge on any atom is 0.244 e. The number of rotatable bonds is 7. The summed E-state index contributed by atoms with van der Waals surface area (Å²) in [5, 5.41) is 15.4. The van der Waals surface area contributed by atoms with Crippen molar-refractivity contribution < 1.29 is 19.5 Å². The van der Waals surface area contributed by atoms with Crippen molar-refractivity contribution >= 4 is 29.5 Å². The van der Waals surface area contributed by atoms with E-state index >= 15 is 0 Å². The summed E-state index contributed by atoms with van der Waals surface area (Å²) in [5.74, 6) is -1.31. The molecule has 8 heteroatoms. The Bertz CT molecular complexity index is 601. The summed E-state index contributed by atoms with van der Waals surface area (Å²) >= 11 is 1.65. The lowest BCUT2D eigenvalue weighted by Gasteiger charge is -2.36. The van der Waals surface area contributed by atoms with E-state index in [0.717, 1.165) is 25.7 Å². The highest BCUT2D eigenvalue weighted by Gasteiger charge is 2.73. The van der Waals surface area contributed by atoms with Gasteiger partial charge in [-0.15, -0.1) is 11.8 Å². The fourth-order valence-corrected chi connectivity index (χ4v) is 7.11. The van der Waals surface area contributed by atoms with Crippen molar-refractivity contribution in [1.82, 2.24) is 15.5 Å². The molecule has 0 radical (unpaired) electrons. The molecule has 0 aromatic carbocycles. The van der Waals surface area contributed by atoms with Crippen LogP contribution in [0.3, 0.4) is 0 Å². The van der Waals surface area contributed by atoms with Gasteiger partial charge in [-0.3, -0.25) is 14.4 Å². The molecule has 1 spiro atoms. The molecule has 3 saturated heterocycles.